The molecule has 16 heavy (non-hydrogen) atoms. The predicted octanol–water partition coefficient (Wildman–Crippen LogP) is 1.31. The van der Waals surface area contributed by atoms with Crippen molar-refractivity contribution in [2.24, 2.45) is 0 Å². The Bertz CT molecular complexity index is 559. The van der Waals surface area contributed by atoms with Gasteiger partial charge >= 0.3 is 0 Å². The average molecular weight is 241 g/mol. The highest BCUT2D eigenvalue weighted by Gasteiger charge is 2.30. The van der Waals surface area contributed by atoms with Crippen molar-refractivity contribution in [1.29, 1.82) is 0 Å². The number of Topliss-reactive ketones (excluding diaryl/α,β-unsaturated/α-hetero) is 1. The van der Waals surface area contributed by atoms with Gasteiger partial charge in [0.05, 0.1) is 10.6 Å². The van der Waals surface area contributed by atoms with Crippen LogP contribution in [-0.2, 0) is 0 Å². The van der Waals surface area contributed by atoms with Crippen molar-refractivity contribution in [2.75, 3.05) is 0 Å². The predicted molar refractivity (Wildman–Crippen MR) is 54.0 cm³/mol. The Hall–Kier alpha value is -2.01. The van der Waals surface area contributed by atoms with Crippen molar-refractivity contribution in [1.82, 2.24) is 0 Å². The molecule has 0 unspecified atom stereocenters. The van der Waals surface area contributed by atoms with Crippen molar-refractivity contribution in [3.05, 3.63) is 28.3 Å². The first-order chi connectivity index (χ1) is 7.43. The van der Waals surface area contributed by atoms with Crippen LogP contribution in [0.3, 0.4) is 0 Å². The van der Waals surface area contributed by atoms with Crippen LogP contribution in [0.1, 0.15) is 20.7 Å². The van der Waals surface area contributed by atoms with E-state index in [1.54, 1.807) is 0 Å². The third kappa shape index (κ3) is 1.25. The van der Waals surface area contributed by atoms with Crippen LogP contribution in [0.2, 0.25) is 0 Å². The molecule has 0 saturated carbocycles. The number of halogens is 1. The van der Waals surface area contributed by atoms with Crippen LogP contribution in [0.4, 0.5) is 0 Å². The number of carbonyl (C=O) groups is 2. The lowest BCUT2D eigenvalue weighted by Crippen LogP contribution is -2.14. The molecule has 0 radical (unpaired) electrons. The minimum Gasteiger partial charge on any atom is -0.504 e. The number of allylic oxidation sites excluding steroid dienone is 2. The van der Waals surface area contributed by atoms with E-state index in [4.69, 9.17) is 11.6 Å². The normalized spacial score (nSPS) is 14.7. The molecule has 1 aliphatic rings. The second kappa shape index (κ2) is 3.24. The van der Waals surface area contributed by atoms with Crippen LogP contribution < -0.4 is 0 Å². The van der Waals surface area contributed by atoms with Gasteiger partial charge < -0.3 is 15.3 Å². The molecule has 0 spiro atoms. The molecule has 1 aliphatic carbocycles. The van der Waals surface area contributed by atoms with Crippen LogP contribution >= 0.6 is 11.6 Å². The highest BCUT2D eigenvalue weighted by atomic mass is 35.5. The zero-order valence-corrected chi connectivity index (χ0v) is 8.45. The van der Waals surface area contributed by atoms with E-state index in [0.29, 0.717) is 0 Å². The molecule has 0 fully saturated rings. The molecule has 0 aromatic heterocycles. The van der Waals surface area contributed by atoms with Crippen molar-refractivity contribution in [2.45, 2.75) is 0 Å². The zero-order valence-electron chi connectivity index (χ0n) is 7.69. The van der Waals surface area contributed by atoms with Crippen molar-refractivity contribution >= 4 is 23.2 Å². The summed E-state index contributed by atoms with van der Waals surface area (Å²) in [5.41, 5.74) is -0.588. The third-order valence-electron chi connectivity index (χ3n) is 2.22. The van der Waals surface area contributed by atoms with Gasteiger partial charge in [-0.1, -0.05) is 11.6 Å². The van der Waals surface area contributed by atoms with Gasteiger partial charge in [-0.05, 0) is 6.07 Å². The first-order valence-corrected chi connectivity index (χ1v) is 4.55. The number of aromatic hydroxyl groups is 3. The van der Waals surface area contributed by atoms with Crippen LogP contribution in [-0.4, -0.2) is 26.9 Å². The maximum atomic E-state index is 11.5. The van der Waals surface area contributed by atoms with Gasteiger partial charge in [0.2, 0.25) is 11.5 Å². The Morgan fingerprint density at radius 1 is 1.06 bits per heavy atom. The lowest BCUT2D eigenvalue weighted by molar-refractivity contribution is 0.0987. The van der Waals surface area contributed by atoms with E-state index in [-0.39, 0.29) is 10.6 Å². The summed E-state index contributed by atoms with van der Waals surface area (Å²) < 4.78 is 0. The van der Waals surface area contributed by atoms with E-state index in [1.807, 2.05) is 0 Å². The van der Waals surface area contributed by atoms with Crippen LogP contribution in [0.25, 0.3) is 0 Å². The maximum absolute atomic E-state index is 11.5. The van der Waals surface area contributed by atoms with Gasteiger partial charge in [-0.15, -0.1) is 0 Å². The molecule has 0 atom stereocenters. The number of hydrogen-bond acceptors (Lipinski definition) is 5. The topological polar surface area (TPSA) is 94.8 Å². The fraction of sp³-hybridized carbons (Fsp3) is 0. The van der Waals surface area contributed by atoms with Gasteiger partial charge in [-0.3, -0.25) is 9.59 Å². The minimum absolute atomic E-state index is 0.192. The standard InChI is InChI=1S/C10H5ClO5/c11-4-2-5(12)3-1-6(13)9(15)10(16)7(3)8(4)14/h1-2,13,15-16H. The Kier molecular flexibility index (Phi) is 2.13. The molecule has 1 aromatic rings. The van der Waals surface area contributed by atoms with Gasteiger partial charge in [-0.2, -0.15) is 0 Å². The molecule has 2 rings (SSSR count). The van der Waals surface area contributed by atoms with E-state index in [2.05, 4.69) is 0 Å². The molecule has 0 saturated heterocycles. The monoisotopic (exact) mass is 240 g/mol. The summed E-state index contributed by atoms with van der Waals surface area (Å²) in [5, 5.41) is 27.5. The second-order valence-electron chi connectivity index (χ2n) is 3.20. The molecule has 0 heterocycles. The van der Waals surface area contributed by atoms with Crippen LogP contribution in [0.5, 0.6) is 17.2 Å². The Morgan fingerprint density at radius 2 is 1.69 bits per heavy atom. The number of fused-ring (bicyclic) bond motifs is 1. The van der Waals surface area contributed by atoms with Crippen molar-refractivity contribution in [3.8, 4) is 17.2 Å². The smallest absolute Gasteiger partial charge is 0.209 e. The molecule has 82 valence electrons. The van der Waals surface area contributed by atoms with Gasteiger partial charge in [0.25, 0.3) is 0 Å². The van der Waals surface area contributed by atoms with E-state index in [1.165, 1.54) is 0 Å². The van der Waals surface area contributed by atoms with Gasteiger partial charge in [0.15, 0.2) is 17.3 Å². The number of carbonyl (C=O) groups excluding carboxylic acids is 2. The molecule has 0 aliphatic heterocycles. The number of benzene rings is 1. The summed E-state index contributed by atoms with van der Waals surface area (Å²) in [4.78, 5) is 23.0. The summed E-state index contributed by atoms with van der Waals surface area (Å²) in [7, 11) is 0. The van der Waals surface area contributed by atoms with E-state index >= 15 is 0 Å². The highest BCUT2D eigenvalue weighted by Crippen LogP contribution is 2.42. The SMILES string of the molecule is O=C1C=C(Cl)C(=O)c2c1cc(O)c(O)c2O. The lowest BCUT2D eigenvalue weighted by atomic mass is 9.93. The molecule has 1 aromatic carbocycles. The number of rotatable bonds is 0. The first kappa shape index (κ1) is 10.5. The summed E-state index contributed by atoms with van der Waals surface area (Å²) in [6.45, 7) is 0. The Labute approximate surface area is 94.2 Å². The molecule has 6 heteroatoms. The number of hydrogen-bond donors (Lipinski definition) is 3. The quantitative estimate of drug-likeness (QED) is 0.594. The summed E-state index contributed by atoms with van der Waals surface area (Å²) in [6.07, 6.45) is 0.891. The number of phenolic OH excluding ortho intramolecular Hbond substituents is 3. The fourth-order valence-electron chi connectivity index (χ4n) is 1.45. The van der Waals surface area contributed by atoms with Crippen molar-refractivity contribution < 1.29 is 24.9 Å². The maximum Gasteiger partial charge on any atom is 0.209 e. The van der Waals surface area contributed by atoms with Gasteiger partial charge in [0.1, 0.15) is 0 Å². The Balaban J connectivity index is 2.83. The summed E-state index contributed by atoms with van der Waals surface area (Å²) in [6, 6.07) is 0.907. The molecule has 0 amide bonds. The van der Waals surface area contributed by atoms with Gasteiger partial charge in [-0.25, -0.2) is 0 Å². The van der Waals surface area contributed by atoms with Crippen LogP contribution in [0, 0.1) is 0 Å². The fourth-order valence-corrected chi connectivity index (χ4v) is 1.64. The summed E-state index contributed by atoms with van der Waals surface area (Å²) in [5.74, 6) is -3.77. The summed E-state index contributed by atoms with van der Waals surface area (Å²) >= 11 is 5.49. The molecular formula is C10H5ClO5. The van der Waals surface area contributed by atoms with Crippen LogP contribution in [0.15, 0.2) is 17.2 Å². The largest absolute Gasteiger partial charge is 0.504 e. The van der Waals surface area contributed by atoms with E-state index in [9.17, 15) is 24.9 Å². The van der Waals surface area contributed by atoms with E-state index in [0.717, 1.165) is 12.1 Å². The molecular weight excluding hydrogens is 236 g/mol. The molecule has 5 nitrogen and oxygen atoms in total. The number of phenols is 3. The lowest BCUT2D eigenvalue weighted by Gasteiger charge is -2.14. The average Bonchev–Trinajstić information content (AvgIpc) is 2.22. The number of ketones is 2. The minimum atomic E-state index is -0.855. The first-order valence-electron chi connectivity index (χ1n) is 4.17. The molecule has 0 bridgehead atoms. The van der Waals surface area contributed by atoms with Gasteiger partial charge in [0, 0.05) is 11.6 Å². The van der Waals surface area contributed by atoms with E-state index < -0.39 is 34.4 Å². The molecule has 3 N–H and O–H groups in total. The zero-order chi connectivity index (χ0) is 12.0. The second-order valence-corrected chi connectivity index (χ2v) is 3.61. The van der Waals surface area contributed by atoms with Crippen molar-refractivity contribution in [3.63, 3.8) is 0 Å². The third-order valence-corrected chi connectivity index (χ3v) is 2.50. The Morgan fingerprint density at radius 3 is 2.31 bits per heavy atom. The highest BCUT2D eigenvalue weighted by molar-refractivity contribution is 6.49.